The molecule has 1 atom stereocenters. The van der Waals surface area contributed by atoms with Crippen molar-refractivity contribution < 1.29 is 14.3 Å². The second-order valence-corrected chi connectivity index (χ2v) is 6.48. The molecule has 0 aliphatic carbocycles. The van der Waals surface area contributed by atoms with E-state index in [9.17, 15) is 4.79 Å². The van der Waals surface area contributed by atoms with Gasteiger partial charge in [0.1, 0.15) is 5.60 Å². The number of nitrogens with zero attached hydrogens (tertiary/aromatic N) is 1. The lowest BCUT2D eigenvalue weighted by atomic mass is 10.1. The fourth-order valence-corrected chi connectivity index (χ4v) is 2.08. The fraction of sp³-hybridized carbons (Fsp3) is 0.556. The van der Waals surface area contributed by atoms with Crippen molar-refractivity contribution in [2.75, 3.05) is 33.9 Å². The van der Waals surface area contributed by atoms with Gasteiger partial charge in [-0.05, 0) is 26.3 Å². The van der Waals surface area contributed by atoms with Gasteiger partial charge < -0.3 is 25.4 Å². The number of carbonyl (C=O) groups is 1. The van der Waals surface area contributed by atoms with Crippen LogP contribution in [0.4, 0.5) is 4.79 Å². The third-order valence-corrected chi connectivity index (χ3v) is 3.19. The monoisotopic (exact) mass is 478 g/mol. The lowest BCUT2D eigenvalue weighted by Crippen LogP contribution is -2.44. The molecule has 0 aliphatic rings. The van der Waals surface area contributed by atoms with Crippen LogP contribution in [0.1, 0.15) is 32.4 Å². The quantitative estimate of drug-likeness (QED) is 0.243. The maximum Gasteiger partial charge on any atom is 0.408 e. The minimum absolute atomic E-state index is 0. The number of halogens is 1. The molecular formula is C18H31IN4O3. The standard InChI is InChI=1S/C18H30N4O3.HI/c1-18(2,3)25-17(23)22-15(14-9-7-6-8-10-14)13-21-16(19-4)20-11-12-24-5;/h6-10,15H,11-13H2,1-5H3,(H,22,23)(H2,19,20,21);1H. The van der Waals surface area contributed by atoms with Gasteiger partial charge in [-0.15, -0.1) is 24.0 Å². The van der Waals surface area contributed by atoms with E-state index >= 15 is 0 Å². The van der Waals surface area contributed by atoms with Gasteiger partial charge in [-0.2, -0.15) is 0 Å². The van der Waals surface area contributed by atoms with Crippen LogP contribution in [-0.2, 0) is 9.47 Å². The third-order valence-electron chi connectivity index (χ3n) is 3.19. The van der Waals surface area contributed by atoms with Crippen LogP contribution in [0.3, 0.4) is 0 Å². The number of hydrogen-bond acceptors (Lipinski definition) is 4. The number of alkyl carbamates (subject to hydrolysis) is 1. The van der Waals surface area contributed by atoms with Gasteiger partial charge in [0.2, 0.25) is 0 Å². The van der Waals surface area contributed by atoms with Gasteiger partial charge in [-0.25, -0.2) is 4.79 Å². The molecule has 0 fully saturated rings. The summed E-state index contributed by atoms with van der Waals surface area (Å²) < 4.78 is 10.4. The van der Waals surface area contributed by atoms with Gasteiger partial charge >= 0.3 is 6.09 Å². The zero-order valence-electron chi connectivity index (χ0n) is 16.2. The number of guanidine groups is 1. The molecule has 0 saturated carbocycles. The zero-order valence-corrected chi connectivity index (χ0v) is 18.5. The molecule has 1 aromatic carbocycles. The van der Waals surface area contributed by atoms with Crippen LogP contribution in [0.5, 0.6) is 0 Å². The second-order valence-electron chi connectivity index (χ2n) is 6.48. The van der Waals surface area contributed by atoms with E-state index in [2.05, 4.69) is 20.9 Å². The molecule has 148 valence electrons. The highest BCUT2D eigenvalue weighted by atomic mass is 127. The van der Waals surface area contributed by atoms with Crippen molar-refractivity contribution in [3.63, 3.8) is 0 Å². The predicted molar refractivity (Wildman–Crippen MR) is 115 cm³/mol. The predicted octanol–water partition coefficient (Wildman–Crippen LogP) is 2.68. The molecule has 0 radical (unpaired) electrons. The topological polar surface area (TPSA) is 84.0 Å². The van der Waals surface area contributed by atoms with Crippen LogP contribution in [0, 0.1) is 0 Å². The Morgan fingerprint density at radius 1 is 1.19 bits per heavy atom. The van der Waals surface area contributed by atoms with Crippen molar-refractivity contribution in [1.29, 1.82) is 0 Å². The summed E-state index contributed by atoms with van der Waals surface area (Å²) in [6, 6.07) is 9.48. The zero-order chi connectivity index (χ0) is 18.7. The first-order chi connectivity index (χ1) is 11.9. The van der Waals surface area contributed by atoms with Gasteiger partial charge in [-0.1, -0.05) is 30.3 Å². The molecule has 3 N–H and O–H groups in total. The number of nitrogens with one attached hydrogen (secondary N) is 3. The molecule has 1 aromatic rings. The lowest BCUT2D eigenvalue weighted by Gasteiger charge is -2.24. The molecule has 1 rings (SSSR count). The summed E-state index contributed by atoms with van der Waals surface area (Å²) in [7, 11) is 3.34. The Labute approximate surface area is 173 Å². The molecule has 0 aliphatic heterocycles. The molecule has 0 bridgehead atoms. The Balaban J connectivity index is 0.00000625. The normalized spacial score (nSPS) is 12.6. The number of hydrogen-bond donors (Lipinski definition) is 3. The lowest BCUT2D eigenvalue weighted by molar-refractivity contribution is 0.0504. The third kappa shape index (κ3) is 10.4. The second kappa shape index (κ2) is 12.7. The number of benzene rings is 1. The SMILES string of the molecule is CN=C(NCCOC)NCC(NC(=O)OC(C)(C)C)c1ccccc1.I. The summed E-state index contributed by atoms with van der Waals surface area (Å²) in [5.74, 6) is 0.643. The maximum atomic E-state index is 12.1. The van der Waals surface area contributed by atoms with E-state index in [1.807, 2.05) is 51.1 Å². The molecule has 0 heterocycles. The summed E-state index contributed by atoms with van der Waals surface area (Å²) >= 11 is 0. The Morgan fingerprint density at radius 2 is 1.85 bits per heavy atom. The molecule has 8 heteroatoms. The Kier molecular flexibility index (Phi) is 12.0. The molecule has 1 amide bonds. The van der Waals surface area contributed by atoms with Crippen molar-refractivity contribution in [1.82, 2.24) is 16.0 Å². The van der Waals surface area contributed by atoms with Crippen LogP contribution in [0.25, 0.3) is 0 Å². The number of methoxy groups -OCH3 is 1. The largest absolute Gasteiger partial charge is 0.444 e. The molecule has 7 nitrogen and oxygen atoms in total. The van der Waals surface area contributed by atoms with Crippen molar-refractivity contribution in [2.45, 2.75) is 32.4 Å². The van der Waals surface area contributed by atoms with Gasteiger partial charge in [-0.3, -0.25) is 4.99 Å². The number of aliphatic imine (C=N–C) groups is 1. The summed E-state index contributed by atoms with van der Waals surface area (Å²) in [5, 5.41) is 9.25. The van der Waals surface area contributed by atoms with E-state index in [1.54, 1.807) is 14.2 Å². The summed E-state index contributed by atoms with van der Waals surface area (Å²) in [6.45, 7) is 7.21. The highest BCUT2D eigenvalue weighted by Crippen LogP contribution is 2.14. The van der Waals surface area contributed by atoms with Crippen LogP contribution >= 0.6 is 24.0 Å². The number of rotatable bonds is 7. The smallest absolute Gasteiger partial charge is 0.408 e. The molecule has 0 aromatic heterocycles. The van der Waals surface area contributed by atoms with Crippen LogP contribution in [0.2, 0.25) is 0 Å². The van der Waals surface area contributed by atoms with Crippen LogP contribution in [-0.4, -0.2) is 51.5 Å². The molecule has 1 unspecified atom stereocenters. The van der Waals surface area contributed by atoms with Crippen molar-refractivity contribution >= 4 is 36.0 Å². The average Bonchev–Trinajstić information content (AvgIpc) is 2.56. The van der Waals surface area contributed by atoms with Gasteiger partial charge in [0, 0.05) is 27.2 Å². The van der Waals surface area contributed by atoms with Crippen LogP contribution < -0.4 is 16.0 Å². The fourth-order valence-electron chi connectivity index (χ4n) is 2.08. The van der Waals surface area contributed by atoms with E-state index < -0.39 is 11.7 Å². The molecule has 0 saturated heterocycles. The van der Waals surface area contributed by atoms with Crippen molar-refractivity contribution in [3.05, 3.63) is 35.9 Å². The number of ether oxygens (including phenoxy) is 2. The molecule has 26 heavy (non-hydrogen) atoms. The highest BCUT2D eigenvalue weighted by Gasteiger charge is 2.20. The van der Waals surface area contributed by atoms with E-state index in [0.717, 1.165) is 5.56 Å². The van der Waals surface area contributed by atoms with E-state index in [-0.39, 0.29) is 30.0 Å². The number of amides is 1. The summed E-state index contributed by atoms with van der Waals surface area (Å²) in [6.07, 6.45) is -0.453. The summed E-state index contributed by atoms with van der Waals surface area (Å²) in [5.41, 5.74) is 0.435. The van der Waals surface area contributed by atoms with E-state index in [0.29, 0.717) is 25.7 Å². The van der Waals surface area contributed by atoms with Gasteiger partial charge in [0.25, 0.3) is 0 Å². The number of carbonyl (C=O) groups excluding carboxylic acids is 1. The first kappa shape index (κ1) is 24.5. The van der Waals surface area contributed by atoms with Crippen LogP contribution in [0.15, 0.2) is 35.3 Å². The maximum absolute atomic E-state index is 12.1. The Hall–Kier alpha value is -1.55. The average molecular weight is 478 g/mol. The van der Waals surface area contributed by atoms with E-state index in [4.69, 9.17) is 9.47 Å². The van der Waals surface area contributed by atoms with Gasteiger partial charge in [0.15, 0.2) is 5.96 Å². The minimum atomic E-state index is -0.545. The molecule has 0 spiro atoms. The van der Waals surface area contributed by atoms with E-state index in [1.165, 1.54) is 0 Å². The molecular weight excluding hydrogens is 447 g/mol. The minimum Gasteiger partial charge on any atom is -0.444 e. The highest BCUT2D eigenvalue weighted by molar-refractivity contribution is 14.0. The first-order valence-electron chi connectivity index (χ1n) is 8.33. The Morgan fingerprint density at radius 3 is 2.38 bits per heavy atom. The first-order valence-corrected chi connectivity index (χ1v) is 8.33. The Bertz CT molecular complexity index is 547. The van der Waals surface area contributed by atoms with Crippen molar-refractivity contribution in [2.24, 2.45) is 4.99 Å². The van der Waals surface area contributed by atoms with Crippen molar-refractivity contribution in [3.8, 4) is 0 Å². The van der Waals surface area contributed by atoms with Gasteiger partial charge in [0.05, 0.1) is 12.6 Å². The summed E-state index contributed by atoms with van der Waals surface area (Å²) in [4.78, 5) is 16.3.